The number of halogens is 3. The minimum absolute atomic E-state index is 0.293. The number of alkyl halides is 3. The molecular weight excluding hydrogens is 267 g/mol. The largest absolute Gasteiger partial charge is 0.435 e. The Labute approximate surface area is 112 Å². The van der Waals surface area contributed by atoms with Crippen molar-refractivity contribution in [1.29, 1.82) is 0 Å². The van der Waals surface area contributed by atoms with Gasteiger partial charge in [0.2, 0.25) is 0 Å². The van der Waals surface area contributed by atoms with E-state index in [4.69, 9.17) is 0 Å². The Morgan fingerprint density at radius 1 is 1.10 bits per heavy atom. The average molecular weight is 277 g/mol. The lowest BCUT2D eigenvalue weighted by Gasteiger charge is -2.04. The van der Waals surface area contributed by atoms with Crippen LogP contribution in [0, 0.1) is 0 Å². The second-order valence-electron chi connectivity index (χ2n) is 4.43. The van der Waals surface area contributed by atoms with Crippen LogP contribution in [-0.2, 0) is 12.7 Å². The van der Waals surface area contributed by atoms with E-state index in [1.807, 2.05) is 30.3 Å². The van der Waals surface area contributed by atoms with E-state index in [0.29, 0.717) is 6.54 Å². The zero-order chi connectivity index (χ0) is 14.2. The molecule has 6 heteroatoms. The van der Waals surface area contributed by atoms with Crippen molar-refractivity contribution in [3.63, 3.8) is 0 Å². The van der Waals surface area contributed by atoms with Crippen LogP contribution in [0.1, 0.15) is 11.3 Å². The van der Waals surface area contributed by atoms with Gasteiger partial charge >= 0.3 is 6.18 Å². The molecular formula is C14H10F3N3. The first-order valence-electron chi connectivity index (χ1n) is 5.97. The molecule has 0 radical (unpaired) electrons. The Morgan fingerprint density at radius 2 is 1.95 bits per heavy atom. The van der Waals surface area contributed by atoms with Gasteiger partial charge in [-0.25, -0.2) is 0 Å². The van der Waals surface area contributed by atoms with E-state index < -0.39 is 11.9 Å². The number of nitrogens with zero attached hydrogens (tertiary/aromatic N) is 3. The Hall–Kier alpha value is -2.37. The van der Waals surface area contributed by atoms with Gasteiger partial charge in [0.05, 0.1) is 12.1 Å². The summed E-state index contributed by atoms with van der Waals surface area (Å²) in [5, 5.41) is 4.48. The molecule has 3 nitrogen and oxygen atoms in total. The van der Waals surface area contributed by atoms with Crippen LogP contribution in [0.4, 0.5) is 13.2 Å². The van der Waals surface area contributed by atoms with Crippen molar-refractivity contribution in [1.82, 2.24) is 14.8 Å². The van der Waals surface area contributed by atoms with Crippen molar-refractivity contribution in [2.45, 2.75) is 12.7 Å². The third-order valence-corrected chi connectivity index (χ3v) is 2.94. The van der Waals surface area contributed by atoms with Gasteiger partial charge in [-0.15, -0.1) is 0 Å². The molecule has 0 aliphatic carbocycles. The fourth-order valence-corrected chi connectivity index (χ4v) is 2.01. The summed E-state index contributed by atoms with van der Waals surface area (Å²) in [7, 11) is 0. The average Bonchev–Trinajstić information content (AvgIpc) is 2.87. The molecule has 0 spiro atoms. The van der Waals surface area contributed by atoms with Crippen molar-refractivity contribution >= 4 is 10.9 Å². The number of fused-ring (bicyclic) bond motifs is 1. The van der Waals surface area contributed by atoms with Gasteiger partial charge in [-0.3, -0.25) is 9.67 Å². The maximum Gasteiger partial charge on any atom is 0.435 e. The maximum atomic E-state index is 12.5. The van der Waals surface area contributed by atoms with E-state index in [9.17, 15) is 13.2 Å². The molecule has 0 saturated heterocycles. The lowest BCUT2D eigenvalue weighted by atomic mass is 10.1. The Bertz CT molecular complexity index is 747. The summed E-state index contributed by atoms with van der Waals surface area (Å²) in [6, 6.07) is 10.3. The second-order valence-corrected chi connectivity index (χ2v) is 4.43. The summed E-state index contributed by atoms with van der Waals surface area (Å²) in [5.41, 5.74) is 0.856. The molecule has 1 aromatic carbocycles. The highest BCUT2D eigenvalue weighted by Crippen LogP contribution is 2.27. The highest BCUT2D eigenvalue weighted by molar-refractivity contribution is 5.78. The molecule has 0 atom stereocenters. The molecule has 0 aliphatic heterocycles. The normalized spacial score (nSPS) is 11.9. The highest BCUT2D eigenvalue weighted by Gasteiger charge is 2.33. The van der Waals surface area contributed by atoms with E-state index in [2.05, 4.69) is 10.1 Å². The van der Waals surface area contributed by atoms with Gasteiger partial charge in [-0.2, -0.15) is 18.3 Å². The van der Waals surface area contributed by atoms with Crippen LogP contribution in [0.2, 0.25) is 0 Å². The second kappa shape index (κ2) is 4.63. The van der Waals surface area contributed by atoms with Crippen LogP contribution < -0.4 is 0 Å². The van der Waals surface area contributed by atoms with Gasteiger partial charge in [0.15, 0.2) is 5.69 Å². The number of aromatic nitrogens is 3. The molecule has 2 heterocycles. The van der Waals surface area contributed by atoms with E-state index in [1.165, 1.54) is 10.9 Å². The molecule has 0 N–H and O–H groups in total. The summed E-state index contributed by atoms with van der Waals surface area (Å²) in [4.78, 5) is 4.19. The van der Waals surface area contributed by atoms with Crippen molar-refractivity contribution in [3.05, 3.63) is 60.0 Å². The Morgan fingerprint density at radius 3 is 2.70 bits per heavy atom. The molecule has 0 amide bonds. The van der Waals surface area contributed by atoms with Crippen LogP contribution >= 0.6 is 0 Å². The predicted octanol–water partition coefficient (Wildman–Crippen LogP) is 3.50. The summed E-state index contributed by atoms with van der Waals surface area (Å²) in [6.45, 7) is 0.293. The number of pyridine rings is 1. The molecule has 0 fully saturated rings. The zero-order valence-electron chi connectivity index (χ0n) is 10.3. The van der Waals surface area contributed by atoms with Crippen LogP contribution in [0.3, 0.4) is 0 Å². The molecule has 0 unspecified atom stereocenters. The van der Waals surface area contributed by atoms with Crippen LogP contribution in [0.25, 0.3) is 10.9 Å². The summed E-state index contributed by atoms with van der Waals surface area (Å²) < 4.78 is 38.7. The smallest absolute Gasteiger partial charge is 0.268 e. The van der Waals surface area contributed by atoms with E-state index in [1.54, 1.807) is 6.20 Å². The SMILES string of the molecule is FC(F)(F)c1ccn(Cc2ccc3ncccc3c2)n1. The number of benzene rings is 1. The summed E-state index contributed by atoms with van der Waals surface area (Å²) in [5.74, 6) is 0. The molecule has 0 bridgehead atoms. The first-order valence-corrected chi connectivity index (χ1v) is 5.97. The Balaban J connectivity index is 1.87. The quantitative estimate of drug-likeness (QED) is 0.717. The van der Waals surface area contributed by atoms with Gasteiger partial charge in [0, 0.05) is 17.8 Å². The molecule has 102 valence electrons. The zero-order valence-corrected chi connectivity index (χ0v) is 10.3. The molecule has 3 aromatic rings. The van der Waals surface area contributed by atoms with Gasteiger partial charge in [0.1, 0.15) is 0 Å². The fraction of sp³-hybridized carbons (Fsp3) is 0.143. The van der Waals surface area contributed by atoms with Crippen molar-refractivity contribution < 1.29 is 13.2 Å². The van der Waals surface area contributed by atoms with Crippen LogP contribution in [0.15, 0.2) is 48.8 Å². The van der Waals surface area contributed by atoms with E-state index in [-0.39, 0.29) is 0 Å². The van der Waals surface area contributed by atoms with E-state index >= 15 is 0 Å². The van der Waals surface area contributed by atoms with Gasteiger partial charge in [-0.05, 0) is 29.8 Å². The first-order chi connectivity index (χ1) is 9.52. The van der Waals surface area contributed by atoms with Crippen LogP contribution in [-0.4, -0.2) is 14.8 Å². The number of rotatable bonds is 2. The molecule has 20 heavy (non-hydrogen) atoms. The Kier molecular flexibility index (Phi) is 2.93. The monoisotopic (exact) mass is 277 g/mol. The standard InChI is InChI=1S/C14H10F3N3/c15-14(16,17)13-5-7-20(19-13)9-10-3-4-12-11(8-10)2-1-6-18-12/h1-8H,9H2. The third kappa shape index (κ3) is 2.49. The minimum atomic E-state index is -4.40. The van der Waals surface area contributed by atoms with E-state index in [0.717, 1.165) is 22.5 Å². The third-order valence-electron chi connectivity index (χ3n) is 2.94. The maximum absolute atomic E-state index is 12.5. The minimum Gasteiger partial charge on any atom is -0.268 e. The number of hydrogen-bond acceptors (Lipinski definition) is 2. The van der Waals surface area contributed by atoms with Crippen molar-refractivity contribution in [3.8, 4) is 0 Å². The molecule has 0 aliphatic rings. The molecule has 0 saturated carbocycles. The van der Waals surface area contributed by atoms with Crippen molar-refractivity contribution in [2.24, 2.45) is 0 Å². The van der Waals surface area contributed by atoms with Gasteiger partial charge in [-0.1, -0.05) is 12.1 Å². The highest BCUT2D eigenvalue weighted by atomic mass is 19.4. The topological polar surface area (TPSA) is 30.7 Å². The summed E-state index contributed by atoms with van der Waals surface area (Å²) in [6.07, 6.45) is -1.38. The lowest BCUT2D eigenvalue weighted by Crippen LogP contribution is -2.08. The fourth-order valence-electron chi connectivity index (χ4n) is 2.01. The predicted molar refractivity (Wildman–Crippen MR) is 68.1 cm³/mol. The molecule has 2 aromatic heterocycles. The molecule has 3 rings (SSSR count). The van der Waals surface area contributed by atoms with Crippen LogP contribution in [0.5, 0.6) is 0 Å². The number of hydrogen-bond donors (Lipinski definition) is 0. The summed E-state index contributed by atoms with van der Waals surface area (Å²) >= 11 is 0. The lowest BCUT2D eigenvalue weighted by molar-refractivity contribution is -0.141. The van der Waals surface area contributed by atoms with Gasteiger partial charge < -0.3 is 0 Å². The van der Waals surface area contributed by atoms with Crippen molar-refractivity contribution in [2.75, 3.05) is 0 Å². The van der Waals surface area contributed by atoms with Gasteiger partial charge in [0.25, 0.3) is 0 Å². The first kappa shape index (κ1) is 12.7.